The van der Waals surface area contributed by atoms with Crippen molar-refractivity contribution in [2.45, 2.75) is 32.9 Å². The van der Waals surface area contributed by atoms with Crippen LogP contribution in [0.4, 0.5) is 4.39 Å². The minimum Gasteiger partial charge on any atom is -0.361 e. The van der Waals surface area contributed by atoms with Gasteiger partial charge in [-0.2, -0.15) is 0 Å². The molecule has 5 heteroatoms. The Kier molecular flexibility index (Phi) is 4.55. The molecule has 0 saturated carbocycles. The minimum atomic E-state index is -0.182. The molecule has 1 aromatic carbocycles. The number of halogens is 1. The fourth-order valence-electron chi connectivity index (χ4n) is 3.10. The lowest BCUT2D eigenvalue weighted by molar-refractivity contribution is 0.152. The minimum absolute atomic E-state index is 0.170. The lowest BCUT2D eigenvalue weighted by Gasteiger charge is -2.36. The third-order valence-corrected chi connectivity index (χ3v) is 4.35. The van der Waals surface area contributed by atoms with Crippen molar-refractivity contribution in [2.75, 3.05) is 19.6 Å². The maximum absolute atomic E-state index is 13.5. The van der Waals surface area contributed by atoms with E-state index in [1.165, 1.54) is 11.6 Å². The molecule has 1 atom stereocenters. The van der Waals surface area contributed by atoms with E-state index in [9.17, 15) is 4.39 Å². The average Bonchev–Trinajstić information content (AvgIpc) is 2.88. The van der Waals surface area contributed by atoms with Gasteiger partial charge in [-0.15, -0.1) is 0 Å². The summed E-state index contributed by atoms with van der Waals surface area (Å²) in [5.74, 6) is 0.701. The molecule has 0 spiro atoms. The summed E-state index contributed by atoms with van der Waals surface area (Å²) >= 11 is 0. The Balaban J connectivity index is 1.85. The van der Waals surface area contributed by atoms with E-state index in [0.717, 1.165) is 49.6 Å². The van der Waals surface area contributed by atoms with E-state index in [-0.39, 0.29) is 11.9 Å². The number of piperazine rings is 1. The van der Waals surface area contributed by atoms with Crippen LogP contribution in [0.25, 0.3) is 0 Å². The van der Waals surface area contributed by atoms with Crippen LogP contribution < -0.4 is 5.32 Å². The number of aryl methyl sites for hydroxylation is 2. The fourth-order valence-corrected chi connectivity index (χ4v) is 3.10. The van der Waals surface area contributed by atoms with Crippen LogP contribution in [0, 0.1) is 12.7 Å². The van der Waals surface area contributed by atoms with E-state index in [0.29, 0.717) is 0 Å². The van der Waals surface area contributed by atoms with E-state index in [2.05, 4.69) is 22.3 Å². The molecule has 0 amide bonds. The van der Waals surface area contributed by atoms with Crippen LogP contribution in [-0.2, 0) is 13.0 Å². The Morgan fingerprint density at radius 2 is 2.32 bits per heavy atom. The predicted molar refractivity (Wildman–Crippen MR) is 83.0 cm³/mol. The summed E-state index contributed by atoms with van der Waals surface area (Å²) in [7, 11) is 0. The van der Waals surface area contributed by atoms with Gasteiger partial charge >= 0.3 is 0 Å². The number of hydrogen-bond acceptors (Lipinski definition) is 4. The molecule has 0 aliphatic carbocycles. The molecule has 1 N–H and O–H groups in total. The van der Waals surface area contributed by atoms with E-state index in [4.69, 9.17) is 4.52 Å². The van der Waals surface area contributed by atoms with Crippen LogP contribution >= 0.6 is 0 Å². The highest BCUT2D eigenvalue weighted by Crippen LogP contribution is 2.26. The van der Waals surface area contributed by atoms with E-state index in [1.807, 2.05) is 13.0 Å². The molecule has 2 aromatic rings. The Morgan fingerprint density at radius 1 is 1.45 bits per heavy atom. The second-order valence-electron chi connectivity index (χ2n) is 5.76. The Labute approximate surface area is 130 Å². The van der Waals surface area contributed by atoms with Crippen LogP contribution in [0.2, 0.25) is 0 Å². The third-order valence-electron chi connectivity index (χ3n) is 4.35. The molecule has 0 bridgehead atoms. The normalized spacial score (nSPS) is 19.5. The van der Waals surface area contributed by atoms with Crippen LogP contribution in [0.5, 0.6) is 0 Å². The highest BCUT2D eigenvalue weighted by molar-refractivity contribution is 5.25. The molecule has 1 aromatic heterocycles. The smallest absolute Gasteiger partial charge is 0.138 e. The van der Waals surface area contributed by atoms with Gasteiger partial charge < -0.3 is 9.84 Å². The molecule has 2 heterocycles. The Hall–Kier alpha value is -1.72. The lowest BCUT2D eigenvalue weighted by Crippen LogP contribution is -2.45. The first-order valence-corrected chi connectivity index (χ1v) is 7.83. The first kappa shape index (κ1) is 15.2. The first-order valence-electron chi connectivity index (χ1n) is 7.83. The fraction of sp³-hybridized carbons (Fsp3) is 0.471. The third kappa shape index (κ3) is 3.05. The van der Waals surface area contributed by atoms with Gasteiger partial charge in [0.25, 0.3) is 0 Å². The molecule has 1 aliphatic heterocycles. The molecule has 4 nitrogen and oxygen atoms in total. The van der Waals surface area contributed by atoms with Crippen molar-refractivity contribution in [3.63, 3.8) is 0 Å². The molecule has 0 radical (unpaired) electrons. The molecular weight excluding hydrogens is 281 g/mol. The van der Waals surface area contributed by atoms with Crippen LogP contribution in [0.1, 0.15) is 35.5 Å². The molecule has 1 aliphatic rings. The van der Waals surface area contributed by atoms with Gasteiger partial charge in [-0.25, -0.2) is 4.39 Å². The highest BCUT2D eigenvalue weighted by Gasteiger charge is 2.26. The summed E-state index contributed by atoms with van der Waals surface area (Å²) in [6.07, 6.45) is 0.864. The van der Waals surface area contributed by atoms with E-state index >= 15 is 0 Å². The van der Waals surface area contributed by atoms with Gasteiger partial charge in [-0.3, -0.25) is 4.90 Å². The number of benzene rings is 1. The molecule has 1 unspecified atom stereocenters. The zero-order valence-corrected chi connectivity index (χ0v) is 13.1. The van der Waals surface area contributed by atoms with Crippen LogP contribution in [0.15, 0.2) is 28.8 Å². The van der Waals surface area contributed by atoms with Crippen molar-refractivity contribution in [1.29, 1.82) is 0 Å². The molecular formula is C17H22FN3O. The predicted octanol–water partition coefficient (Wildman–Crippen LogP) is 2.83. The first-order chi connectivity index (χ1) is 10.7. The molecule has 118 valence electrons. The molecule has 1 fully saturated rings. The van der Waals surface area contributed by atoms with Gasteiger partial charge in [0, 0.05) is 37.8 Å². The van der Waals surface area contributed by atoms with Gasteiger partial charge in [0.2, 0.25) is 0 Å². The maximum Gasteiger partial charge on any atom is 0.138 e. The lowest BCUT2D eigenvalue weighted by atomic mass is 10.0. The second-order valence-corrected chi connectivity index (χ2v) is 5.76. The average molecular weight is 303 g/mol. The van der Waals surface area contributed by atoms with Crippen molar-refractivity contribution in [1.82, 2.24) is 15.4 Å². The van der Waals surface area contributed by atoms with Gasteiger partial charge in [-0.1, -0.05) is 24.2 Å². The van der Waals surface area contributed by atoms with Crippen molar-refractivity contribution in [3.8, 4) is 0 Å². The van der Waals surface area contributed by atoms with Crippen LogP contribution in [-0.4, -0.2) is 29.7 Å². The summed E-state index contributed by atoms with van der Waals surface area (Å²) < 4.78 is 18.9. The molecule has 3 rings (SSSR count). The van der Waals surface area contributed by atoms with Crippen LogP contribution in [0.3, 0.4) is 0 Å². The summed E-state index contributed by atoms with van der Waals surface area (Å²) in [6, 6.07) is 7.06. The number of nitrogens with one attached hydrogen (secondary N) is 1. The number of rotatable bonds is 4. The monoisotopic (exact) mass is 303 g/mol. The number of aromatic nitrogens is 1. The molecule has 22 heavy (non-hydrogen) atoms. The van der Waals surface area contributed by atoms with Crippen molar-refractivity contribution < 1.29 is 8.91 Å². The van der Waals surface area contributed by atoms with Crippen molar-refractivity contribution in [3.05, 3.63) is 52.7 Å². The zero-order valence-electron chi connectivity index (χ0n) is 13.1. The summed E-state index contributed by atoms with van der Waals surface area (Å²) in [5.41, 5.74) is 3.21. The van der Waals surface area contributed by atoms with Gasteiger partial charge in [0.05, 0.1) is 5.69 Å². The number of hydrogen-bond donors (Lipinski definition) is 1. The zero-order chi connectivity index (χ0) is 15.5. The summed E-state index contributed by atoms with van der Waals surface area (Å²) in [6.45, 7) is 7.53. The standard InChI is InChI=1S/C17H22FN3O/c1-3-16-15(12(2)22-20-16)11-21-8-7-19-10-17(21)13-5-4-6-14(18)9-13/h4-6,9,17,19H,3,7-8,10-11H2,1-2H3. The number of nitrogens with zero attached hydrogens (tertiary/aromatic N) is 2. The van der Waals surface area contributed by atoms with Crippen molar-refractivity contribution >= 4 is 0 Å². The largest absolute Gasteiger partial charge is 0.361 e. The highest BCUT2D eigenvalue weighted by atomic mass is 19.1. The van der Waals surface area contributed by atoms with E-state index < -0.39 is 0 Å². The maximum atomic E-state index is 13.5. The SMILES string of the molecule is CCc1noc(C)c1CN1CCNCC1c1cccc(F)c1. The quantitative estimate of drug-likeness (QED) is 0.943. The van der Waals surface area contributed by atoms with E-state index in [1.54, 1.807) is 12.1 Å². The van der Waals surface area contributed by atoms with Gasteiger partial charge in [0.1, 0.15) is 11.6 Å². The van der Waals surface area contributed by atoms with Gasteiger partial charge in [0.15, 0.2) is 0 Å². The second kappa shape index (κ2) is 6.58. The summed E-state index contributed by atoms with van der Waals surface area (Å²) in [4.78, 5) is 2.38. The van der Waals surface area contributed by atoms with Gasteiger partial charge in [-0.05, 0) is 31.0 Å². The summed E-state index contributed by atoms with van der Waals surface area (Å²) in [5, 5.41) is 7.54. The molecule has 1 saturated heterocycles. The Morgan fingerprint density at radius 3 is 3.09 bits per heavy atom. The van der Waals surface area contributed by atoms with Crippen molar-refractivity contribution in [2.24, 2.45) is 0 Å². The topological polar surface area (TPSA) is 41.3 Å². The Bertz CT molecular complexity index is 641.